The zero-order valence-electron chi connectivity index (χ0n) is 10.1. The molecule has 0 saturated heterocycles. The Balaban J connectivity index is 2.07. The molecule has 1 nitrogen and oxygen atoms in total. The minimum Gasteiger partial charge on any atom is -0.316 e. The van der Waals surface area contributed by atoms with Crippen LogP contribution in [-0.4, -0.2) is 13.1 Å². The summed E-state index contributed by atoms with van der Waals surface area (Å²) in [5, 5.41) is 3.49. The molecule has 88 valence electrons. The van der Waals surface area contributed by atoms with Crippen molar-refractivity contribution in [2.45, 2.75) is 32.1 Å². The smallest absolute Gasteiger partial charge is 0.123 e. The molecule has 2 unspecified atom stereocenters. The number of rotatable bonds is 5. The largest absolute Gasteiger partial charge is 0.316 e. The second kappa shape index (κ2) is 4.54. The van der Waals surface area contributed by atoms with E-state index in [2.05, 4.69) is 19.2 Å². The van der Waals surface area contributed by atoms with Gasteiger partial charge in [0.2, 0.25) is 0 Å². The minimum absolute atomic E-state index is 0.145. The van der Waals surface area contributed by atoms with E-state index in [1.807, 2.05) is 12.1 Å². The van der Waals surface area contributed by atoms with Crippen molar-refractivity contribution in [1.82, 2.24) is 5.32 Å². The van der Waals surface area contributed by atoms with Crippen molar-refractivity contribution in [2.24, 2.45) is 5.92 Å². The van der Waals surface area contributed by atoms with Crippen molar-refractivity contribution in [3.05, 3.63) is 35.6 Å². The summed E-state index contributed by atoms with van der Waals surface area (Å²) in [6.07, 6.45) is 2.38. The van der Waals surface area contributed by atoms with Gasteiger partial charge in [-0.1, -0.05) is 26.0 Å². The van der Waals surface area contributed by atoms with Gasteiger partial charge in [-0.2, -0.15) is 0 Å². The lowest BCUT2D eigenvalue weighted by molar-refractivity contribution is 0.539. The third kappa shape index (κ3) is 2.12. The molecule has 2 atom stereocenters. The zero-order valence-corrected chi connectivity index (χ0v) is 10.1. The van der Waals surface area contributed by atoms with Crippen LogP contribution in [-0.2, 0) is 5.41 Å². The van der Waals surface area contributed by atoms with Crippen LogP contribution in [0.1, 0.15) is 32.3 Å². The normalized spacial score (nSPS) is 28.1. The summed E-state index contributed by atoms with van der Waals surface area (Å²) >= 11 is 0. The van der Waals surface area contributed by atoms with Gasteiger partial charge in [-0.05, 0) is 43.0 Å². The van der Waals surface area contributed by atoms with Crippen molar-refractivity contribution in [3.63, 3.8) is 0 Å². The Hall–Kier alpha value is -0.890. The Morgan fingerprint density at radius 2 is 2.00 bits per heavy atom. The number of hydrogen-bond acceptors (Lipinski definition) is 1. The van der Waals surface area contributed by atoms with Gasteiger partial charge in [0.1, 0.15) is 5.82 Å². The van der Waals surface area contributed by atoms with E-state index in [-0.39, 0.29) is 11.2 Å². The van der Waals surface area contributed by atoms with Gasteiger partial charge >= 0.3 is 0 Å². The van der Waals surface area contributed by atoms with E-state index in [0.29, 0.717) is 5.92 Å². The summed E-state index contributed by atoms with van der Waals surface area (Å²) in [7, 11) is 0. The molecule has 1 fully saturated rings. The molecule has 2 rings (SSSR count). The molecule has 16 heavy (non-hydrogen) atoms. The summed E-state index contributed by atoms with van der Waals surface area (Å²) in [6.45, 7) is 6.54. The van der Waals surface area contributed by atoms with Gasteiger partial charge in [0.05, 0.1) is 0 Å². The minimum atomic E-state index is -0.145. The Morgan fingerprint density at radius 3 is 2.50 bits per heavy atom. The molecule has 2 heteroatoms. The van der Waals surface area contributed by atoms with Crippen molar-refractivity contribution >= 4 is 0 Å². The van der Waals surface area contributed by atoms with E-state index in [1.54, 1.807) is 12.1 Å². The van der Waals surface area contributed by atoms with Gasteiger partial charge in [-0.3, -0.25) is 0 Å². The molecule has 1 N–H and O–H groups in total. The fourth-order valence-corrected chi connectivity index (χ4v) is 2.51. The molecule has 1 saturated carbocycles. The first kappa shape index (κ1) is 11.6. The van der Waals surface area contributed by atoms with Crippen LogP contribution in [0.3, 0.4) is 0 Å². The predicted octanol–water partition coefficient (Wildman–Crippen LogP) is 3.10. The second-order valence-electron chi connectivity index (χ2n) is 4.94. The van der Waals surface area contributed by atoms with Gasteiger partial charge in [-0.25, -0.2) is 4.39 Å². The molecule has 0 heterocycles. The first-order valence-electron chi connectivity index (χ1n) is 6.16. The third-order valence-electron chi connectivity index (χ3n) is 3.74. The van der Waals surface area contributed by atoms with Crippen LogP contribution in [0, 0.1) is 11.7 Å². The highest BCUT2D eigenvalue weighted by Gasteiger charge is 2.51. The molecule has 0 radical (unpaired) electrons. The summed E-state index contributed by atoms with van der Waals surface area (Å²) in [5.74, 6) is 0.566. The maximum Gasteiger partial charge on any atom is 0.123 e. The Bertz CT molecular complexity index is 346. The van der Waals surface area contributed by atoms with Crippen LogP contribution in [0.15, 0.2) is 24.3 Å². The van der Waals surface area contributed by atoms with Crippen molar-refractivity contribution in [3.8, 4) is 0 Å². The first-order chi connectivity index (χ1) is 7.69. The Kier molecular flexibility index (Phi) is 3.29. The lowest BCUT2D eigenvalue weighted by Crippen LogP contribution is -2.28. The van der Waals surface area contributed by atoms with E-state index >= 15 is 0 Å². The molecule has 0 aromatic heterocycles. The quantitative estimate of drug-likeness (QED) is 0.753. The fraction of sp³-hybridized carbons (Fsp3) is 0.571. The number of benzene rings is 1. The van der Waals surface area contributed by atoms with E-state index in [4.69, 9.17) is 0 Å². The second-order valence-corrected chi connectivity index (χ2v) is 4.94. The van der Waals surface area contributed by atoms with Crippen LogP contribution in [0.2, 0.25) is 0 Å². The molecule has 0 amide bonds. The van der Waals surface area contributed by atoms with Crippen LogP contribution in [0.25, 0.3) is 0 Å². The Morgan fingerprint density at radius 1 is 1.38 bits per heavy atom. The number of nitrogens with one attached hydrogen (secondary N) is 1. The van der Waals surface area contributed by atoms with Gasteiger partial charge < -0.3 is 5.32 Å². The molecule has 1 aromatic rings. The Labute approximate surface area is 97.1 Å². The zero-order chi connectivity index (χ0) is 11.6. The monoisotopic (exact) mass is 221 g/mol. The number of halogens is 1. The van der Waals surface area contributed by atoms with Crippen molar-refractivity contribution in [1.29, 1.82) is 0 Å². The summed E-state index contributed by atoms with van der Waals surface area (Å²) in [5.41, 5.74) is 1.55. The molecule has 0 bridgehead atoms. The number of hydrogen-bond donors (Lipinski definition) is 1. The van der Waals surface area contributed by atoms with E-state index in [1.165, 1.54) is 12.0 Å². The maximum atomic E-state index is 12.9. The summed E-state index contributed by atoms with van der Waals surface area (Å²) < 4.78 is 12.9. The van der Waals surface area contributed by atoms with E-state index in [9.17, 15) is 4.39 Å². The summed E-state index contributed by atoms with van der Waals surface area (Å²) in [6, 6.07) is 7.02. The van der Waals surface area contributed by atoms with Crippen LogP contribution in [0.5, 0.6) is 0 Å². The first-order valence-corrected chi connectivity index (χ1v) is 6.16. The predicted molar refractivity (Wildman–Crippen MR) is 65.0 cm³/mol. The highest BCUT2D eigenvalue weighted by molar-refractivity contribution is 5.34. The van der Waals surface area contributed by atoms with E-state index in [0.717, 1.165) is 19.5 Å². The standard InChI is InChI=1S/C14H20FN/c1-3-8-16-10-14(9-11(14)2)12-4-6-13(15)7-5-12/h4-7,11,16H,3,8-10H2,1-2H3. The van der Waals surface area contributed by atoms with Crippen molar-refractivity contribution < 1.29 is 4.39 Å². The van der Waals surface area contributed by atoms with Gasteiger partial charge in [0, 0.05) is 12.0 Å². The third-order valence-corrected chi connectivity index (χ3v) is 3.74. The van der Waals surface area contributed by atoms with Crippen LogP contribution < -0.4 is 5.32 Å². The fourth-order valence-electron chi connectivity index (χ4n) is 2.51. The maximum absolute atomic E-state index is 12.9. The molecule has 1 aliphatic rings. The molecule has 1 aromatic carbocycles. The summed E-state index contributed by atoms with van der Waals surface area (Å²) in [4.78, 5) is 0. The molecular weight excluding hydrogens is 201 g/mol. The topological polar surface area (TPSA) is 12.0 Å². The lowest BCUT2D eigenvalue weighted by atomic mass is 9.93. The average Bonchev–Trinajstić information content (AvgIpc) is 2.92. The molecule has 0 aliphatic heterocycles. The van der Waals surface area contributed by atoms with Gasteiger partial charge in [0.25, 0.3) is 0 Å². The van der Waals surface area contributed by atoms with Gasteiger partial charge in [0.15, 0.2) is 0 Å². The van der Waals surface area contributed by atoms with Gasteiger partial charge in [-0.15, -0.1) is 0 Å². The SMILES string of the molecule is CCCNCC1(c2ccc(F)cc2)CC1C. The molecule has 0 spiro atoms. The molecule has 1 aliphatic carbocycles. The highest BCUT2D eigenvalue weighted by atomic mass is 19.1. The van der Waals surface area contributed by atoms with E-state index < -0.39 is 0 Å². The average molecular weight is 221 g/mol. The van der Waals surface area contributed by atoms with Crippen LogP contribution >= 0.6 is 0 Å². The van der Waals surface area contributed by atoms with Crippen molar-refractivity contribution in [2.75, 3.05) is 13.1 Å². The van der Waals surface area contributed by atoms with Crippen LogP contribution in [0.4, 0.5) is 4.39 Å². The molecular formula is C14H20FN. The highest BCUT2D eigenvalue weighted by Crippen LogP contribution is 2.53. The lowest BCUT2D eigenvalue weighted by Gasteiger charge is -2.18.